The molecular formula is C29H31FN6O5. The number of nitrogen functional groups attached to an aromatic ring is 1. The highest BCUT2D eigenvalue weighted by atomic mass is 19.1. The second kappa shape index (κ2) is 11.3. The molecule has 214 valence electrons. The fourth-order valence-electron chi connectivity index (χ4n) is 5.09. The van der Waals surface area contributed by atoms with Crippen molar-refractivity contribution in [3.05, 3.63) is 76.0 Å². The molecule has 0 bridgehead atoms. The predicted molar refractivity (Wildman–Crippen MR) is 151 cm³/mol. The molecule has 0 aliphatic carbocycles. The Bertz CT molecular complexity index is 1660. The van der Waals surface area contributed by atoms with Gasteiger partial charge in [-0.15, -0.1) is 0 Å². The van der Waals surface area contributed by atoms with Crippen LogP contribution in [0.3, 0.4) is 0 Å². The van der Waals surface area contributed by atoms with Gasteiger partial charge in [-0.25, -0.2) is 14.3 Å². The summed E-state index contributed by atoms with van der Waals surface area (Å²) < 4.78 is 26.1. The topological polar surface area (TPSA) is 145 Å². The summed E-state index contributed by atoms with van der Waals surface area (Å²) >= 11 is 0. The Balaban J connectivity index is 1.39. The lowest BCUT2D eigenvalue weighted by Gasteiger charge is -2.18. The molecule has 2 aromatic heterocycles. The number of H-pyrrole nitrogens is 1. The molecule has 0 spiro atoms. The van der Waals surface area contributed by atoms with E-state index in [0.717, 1.165) is 22.8 Å². The number of ether oxygens (including phenoxy) is 2. The van der Waals surface area contributed by atoms with Gasteiger partial charge >= 0.3 is 6.09 Å². The van der Waals surface area contributed by atoms with E-state index in [9.17, 15) is 18.8 Å². The van der Waals surface area contributed by atoms with Crippen LogP contribution in [0.4, 0.5) is 15.0 Å². The van der Waals surface area contributed by atoms with Crippen LogP contribution in [0.1, 0.15) is 42.2 Å². The number of methoxy groups -OCH3 is 1. The normalized spacial score (nSPS) is 15.0. The van der Waals surface area contributed by atoms with Crippen LogP contribution in [0.15, 0.2) is 53.5 Å². The number of hydrogen-bond donors (Lipinski definition) is 3. The number of anilines is 1. The smallest absolute Gasteiger partial charge is 0.410 e. The van der Waals surface area contributed by atoms with Crippen molar-refractivity contribution in [1.29, 1.82) is 0 Å². The first-order chi connectivity index (χ1) is 19.7. The lowest BCUT2D eigenvalue weighted by Crippen LogP contribution is -2.31. The molecule has 1 saturated heterocycles. The summed E-state index contributed by atoms with van der Waals surface area (Å²) in [5.41, 5.74) is 8.68. The second-order valence-electron chi connectivity index (χ2n) is 10.2. The molecule has 4 N–H and O–H groups in total. The van der Waals surface area contributed by atoms with E-state index in [0.29, 0.717) is 30.4 Å². The average Bonchev–Trinajstić information content (AvgIpc) is 3.60. The number of likely N-dealkylation sites (tertiary alicyclic amines) is 1. The Kier molecular flexibility index (Phi) is 7.64. The van der Waals surface area contributed by atoms with Crippen LogP contribution >= 0.6 is 0 Å². The summed E-state index contributed by atoms with van der Waals surface area (Å²) in [7, 11) is 1.42. The lowest BCUT2D eigenvalue weighted by molar-refractivity contribution is 0.0827. The maximum atomic E-state index is 13.7. The molecule has 2 aromatic carbocycles. The molecule has 1 unspecified atom stereocenters. The maximum Gasteiger partial charge on any atom is 0.410 e. The number of benzene rings is 2. The third-order valence-electron chi connectivity index (χ3n) is 7.06. The van der Waals surface area contributed by atoms with Gasteiger partial charge in [0.15, 0.2) is 5.82 Å². The minimum Gasteiger partial charge on any atom is -0.496 e. The van der Waals surface area contributed by atoms with E-state index in [4.69, 9.17) is 15.2 Å². The number of nitrogens with one attached hydrogen (secondary N) is 2. The Labute approximate surface area is 235 Å². The van der Waals surface area contributed by atoms with Gasteiger partial charge in [-0.2, -0.15) is 5.10 Å². The summed E-state index contributed by atoms with van der Waals surface area (Å²) in [6.45, 7) is 4.70. The number of hydrogen-bond acceptors (Lipinski definition) is 7. The van der Waals surface area contributed by atoms with Crippen molar-refractivity contribution in [1.82, 2.24) is 25.0 Å². The van der Waals surface area contributed by atoms with Crippen molar-refractivity contribution in [3.63, 3.8) is 0 Å². The molecule has 1 aliphatic heterocycles. The van der Waals surface area contributed by atoms with E-state index in [1.165, 1.54) is 19.2 Å². The standard InChI is InChI=1S/C29H31FN6O5/c1-16(2)41-29(39)35-11-10-20(14-35)36-15-22(24-25(36)28(38)34-33-26(24)31)18-6-4-17(5-7-18)13-32-27(37)21-12-19(30)8-9-23(21)40-3/h4-9,12,15-16,20H,10-11,13-14H2,1-3H3,(H2,31,33)(H,32,37)(H,34,38). The molecule has 1 fully saturated rings. The Morgan fingerprint density at radius 3 is 2.68 bits per heavy atom. The number of nitrogens with zero attached hydrogens (tertiary/aromatic N) is 3. The van der Waals surface area contributed by atoms with Crippen LogP contribution in [-0.4, -0.2) is 58.0 Å². The summed E-state index contributed by atoms with van der Waals surface area (Å²) in [6.07, 6.45) is 1.90. The van der Waals surface area contributed by atoms with Crippen molar-refractivity contribution in [2.24, 2.45) is 0 Å². The number of carbonyl (C=O) groups excluding carboxylic acids is 2. The summed E-state index contributed by atoms with van der Waals surface area (Å²) in [4.78, 5) is 39.7. The Hall–Kier alpha value is -4.87. The second-order valence-corrected chi connectivity index (χ2v) is 10.2. The van der Waals surface area contributed by atoms with Crippen molar-refractivity contribution in [3.8, 4) is 16.9 Å². The monoisotopic (exact) mass is 562 g/mol. The zero-order valence-electron chi connectivity index (χ0n) is 22.9. The molecule has 1 aliphatic rings. The number of nitrogens with two attached hydrogens (primary N) is 1. The minimum absolute atomic E-state index is 0.105. The molecule has 1 atom stereocenters. The highest BCUT2D eigenvalue weighted by Gasteiger charge is 2.31. The Morgan fingerprint density at radius 1 is 1.22 bits per heavy atom. The first-order valence-electron chi connectivity index (χ1n) is 13.2. The largest absolute Gasteiger partial charge is 0.496 e. The zero-order chi connectivity index (χ0) is 29.3. The SMILES string of the molecule is COc1ccc(F)cc1C(=O)NCc1ccc(-c2cn(C3CCN(C(=O)OC(C)C)C3)c3c(=O)[nH]nc(N)c23)cc1. The molecule has 0 saturated carbocycles. The van der Waals surface area contributed by atoms with Crippen LogP contribution in [0, 0.1) is 5.82 Å². The van der Waals surface area contributed by atoms with Gasteiger partial charge in [0.05, 0.1) is 30.2 Å². The van der Waals surface area contributed by atoms with Crippen LogP contribution in [0.2, 0.25) is 0 Å². The van der Waals surface area contributed by atoms with E-state index in [1.54, 1.807) is 18.7 Å². The maximum absolute atomic E-state index is 13.7. The van der Waals surface area contributed by atoms with Crippen LogP contribution in [0.25, 0.3) is 22.0 Å². The van der Waals surface area contributed by atoms with Gasteiger partial charge in [-0.05, 0) is 49.6 Å². The highest BCUT2D eigenvalue weighted by molar-refractivity contribution is 6.02. The van der Waals surface area contributed by atoms with Gasteiger partial charge in [0.1, 0.15) is 17.1 Å². The number of amides is 2. The van der Waals surface area contributed by atoms with E-state index in [1.807, 2.05) is 35.0 Å². The summed E-state index contributed by atoms with van der Waals surface area (Å²) in [5.74, 6) is -0.538. The number of rotatable bonds is 7. The first kappa shape index (κ1) is 27.7. The first-order valence-corrected chi connectivity index (χ1v) is 13.2. The number of aromatic nitrogens is 3. The van der Waals surface area contributed by atoms with E-state index in [-0.39, 0.29) is 47.5 Å². The molecule has 3 heterocycles. The average molecular weight is 563 g/mol. The molecule has 41 heavy (non-hydrogen) atoms. The van der Waals surface area contributed by atoms with Crippen molar-refractivity contribution >= 4 is 28.7 Å². The molecular weight excluding hydrogens is 531 g/mol. The number of fused-ring (bicyclic) bond motifs is 1. The fraction of sp³-hybridized carbons (Fsp3) is 0.310. The van der Waals surface area contributed by atoms with Gasteiger partial charge in [0.2, 0.25) is 0 Å². The third-order valence-corrected chi connectivity index (χ3v) is 7.06. The fourth-order valence-corrected chi connectivity index (χ4v) is 5.09. The number of carbonyl (C=O) groups is 2. The zero-order valence-corrected chi connectivity index (χ0v) is 22.9. The lowest BCUT2D eigenvalue weighted by atomic mass is 10.0. The highest BCUT2D eigenvalue weighted by Crippen LogP contribution is 2.36. The van der Waals surface area contributed by atoms with Crippen LogP contribution in [-0.2, 0) is 11.3 Å². The molecule has 5 rings (SSSR count). The van der Waals surface area contributed by atoms with Crippen molar-refractivity contribution in [2.45, 2.75) is 39.0 Å². The third kappa shape index (κ3) is 5.58. The molecule has 11 nitrogen and oxygen atoms in total. The molecule has 2 amide bonds. The van der Waals surface area contributed by atoms with Crippen molar-refractivity contribution < 1.29 is 23.5 Å². The van der Waals surface area contributed by atoms with Gasteiger partial charge < -0.3 is 30.0 Å². The predicted octanol–water partition coefficient (Wildman–Crippen LogP) is 3.84. The Morgan fingerprint density at radius 2 is 1.98 bits per heavy atom. The van der Waals surface area contributed by atoms with Crippen molar-refractivity contribution in [2.75, 3.05) is 25.9 Å². The van der Waals surface area contributed by atoms with Crippen LogP contribution in [0.5, 0.6) is 5.75 Å². The minimum atomic E-state index is -0.534. The van der Waals surface area contributed by atoms with E-state index < -0.39 is 11.7 Å². The van der Waals surface area contributed by atoms with Gasteiger partial charge in [-0.1, -0.05) is 24.3 Å². The van der Waals surface area contributed by atoms with E-state index >= 15 is 0 Å². The van der Waals surface area contributed by atoms with Gasteiger partial charge in [0, 0.05) is 31.4 Å². The number of aromatic amines is 1. The molecule has 4 aromatic rings. The summed E-state index contributed by atoms with van der Waals surface area (Å²) in [6, 6.07) is 11.0. The van der Waals surface area contributed by atoms with E-state index in [2.05, 4.69) is 15.5 Å². The summed E-state index contributed by atoms with van der Waals surface area (Å²) in [5, 5.41) is 9.75. The quantitative estimate of drug-likeness (QED) is 0.310. The molecule has 0 radical (unpaired) electrons. The van der Waals surface area contributed by atoms with Gasteiger partial charge in [0.25, 0.3) is 11.5 Å². The van der Waals surface area contributed by atoms with Crippen LogP contribution < -0.4 is 21.3 Å². The van der Waals surface area contributed by atoms with Gasteiger partial charge in [-0.3, -0.25) is 9.59 Å². The number of halogens is 1. The molecule has 12 heteroatoms.